The molecule has 1 saturated heterocycles. The molecule has 0 unspecified atom stereocenters. The van der Waals surface area contributed by atoms with Crippen LogP contribution in [-0.4, -0.2) is 40.6 Å². The number of rotatable bonds is 3. The molecule has 1 N–H and O–H groups in total. The highest BCUT2D eigenvalue weighted by Crippen LogP contribution is 2.19. The minimum absolute atomic E-state index is 0.117. The molecule has 0 atom stereocenters. The van der Waals surface area contributed by atoms with Crippen LogP contribution < -0.4 is 5.32 Å². The molecule has 6 nitrogen and oxygen atoms in total. The number of nitrogens with zero attached hydrogens (tertiary/aromatic N) is 4. The van der Waals surface area contributed by atoms with Crippen LogP contribution in [0.1, 0.15) is 52.3 Å². The highest BCUT2D eigenvalue weighted by molar-refractivity contribution is 5.80. The molecule has 0 spiro atoms. The molecular formula is C14H25N5O. The van der Waals surface area contributed by atoms with E-state index >= 15 is 0 Å². The molecule has 1 aliphatic heterocycles. The van der Waals surface area contributed by atoms with Gasteiger partial charge in [0.1, 0.15) is 6.54 Å². The van der Waals surface area contributed by atoms with E-state index in [1.807, 2.05) is 0 Å². The molecule has 1 aromatic heterocycles. The quantitative estimate of drug-likeness (QED) is 0.676. The number of likely N-dealkylation sites (tertiary alicyclic amines) is 1. The lowest BCUT2D eigenvalue weighted by Gasteiger charge is -2.20. The van der Waals surface area contributed by atoms with Crippen molar-refractivity contribution in [1.82, 2.24) is 20.4 Å². The summed E-state index contributed by atoms with van der Waals surface area (Å²) in [6.45, 7) is 11.7. The van der Waals surface area contributed by atoms with E-state index in [2.05, 4.69) is 53.0 Å². The molecule has 20 heavy (non-hydrogen) atoms. The van der Waals surface area contributed by atoms with Crippen LogP contribution in [0.2, 0.25) is 0 Å². The van der Waals surface area contributed by atoms with Crippen LogP contribution in [0.3, 0.4) is 0 Å². The molecule has 2 heterocycles. The van der Waals surface area contributed by atoms with Gasteiger partial charge in [0.15, 0.2) is 11.8 Å². The van der Waals surface area contributed by atoms with Crippen molar-refractivity contribution in [2.45, 2.75) is 52.5 Å². The summed E-state index contributed by atoms with van der Waals surface area (Å²) in [4.78, 5) is 11.3. The largest absolute Gasteiger partial charge is 0.357 e. The maximum absolute atomic E-state index is 5.28. The first-order valence-electron chi connectivity index (χ1n) is 7.37. The van der Waals surface area contributed by atoms with Crippen molar-refractivity contribution in [3.8, 4) is 0 Å². The molecule has 2 rings (SSSR count). The van der Waals surface area contributed by atoms with Crippen molar-refractivity contribution < 1.29 is 4.52 Å². The number of hydrogen-bond acceptors (Lipinski definition) is 4. The van der Waals surface area contributed by atoms with E-state index in [0.29, 0.717) is 18.3 Å². The van der Waals surface area contributed by atoms with Crippen molar-refractivity contribution in [3.05, 3.63) is 11.7 Å². The molecule has 1 aliphatic rings. The normalized spacial score (nSPS) is 16.8. The van der Waals surface area contributed by atoms with Crippen molar-refractivity contribution in [2.24, 2.45) is 4.99 Å². The van der Waals surface area contributed by atoms with Gasteiger partial charge in [-0.15, -0.1) is 0 Å². The summed E-state index contributed by atoms with van der Waals surface area (Å²) in [7, 11) is 0. The fourth-order valence-corrected chi connectivity index (χ4v) is 2.12. The third kappa shape index (κ3) is 3.71. The van der Waals surface area contributed by atoms with Gasteiger partial charge in [0.2, 0.25) is 5.89 Å². The maximum Gasteiger partial charge on any atom is 0.232 e. The van der Waals surface area contributed by atoms with E-state index in [1.165, 1.54) is 12.8 Å². The van der Waals surface area contributed by atoms with Gasteiger partial charge in [-0.2, -0.15) is 4.98 Å². The van der Waals surface area contributed by atoms with E-state index in [9.17, 15) is 0 Å². The summed E-state index contributed by atoms with van der Waals surface area (Å²) in [6, 6.07) is 0. The molecule has 0 aliphatic carbocycles. The molecule has 0 aromatic carbocycles. The van der Waals surface area contributed by atoms with E-state index in [0.717, 1.165) is 25.6 Å². The van der Waals surface area contributed by atoms with Crippen molar-refractivity contribution in [1.29, 1.82) is 0 Å². The molecule has 0 bridgehead atoms. The molecule has 0 radical (unpaired) electrons. The third-order valence-corrected chi connectivity index (χ3v) is 3.22. The van der Waals surface area contributed by atoms with Crippen molar-refractivity contribution in [3.63, 3.8) is 0 Å². The summed E-state index contributed by atoms with van der Waals surface area (Å²) in [5, 5.41) is 7.32. The Morgan fingerprint density at radius 2 is 2.05 bits per heavy atom. The maximum atomic E-state index is 5.28. The van der Waals surface area contributed by atoms with Gasteiger partial charge in [0, 0.05) is 25.0 Å². The number of aliphatic imine (C=N–C) groups is 1. The average molecular weight is 279 g/mol. The number of nitrogens with one attached hydrogen (secondary N) is 1. The average Bonchev–Trinajstić information content (AvgIpc) is 3.04. The number of hydrogen-bond donors (Lipinski definition) is 1. The fourth-order valence-electron chi connectivity index (χ4n) is 2.12. The van der Waals surface area contributed by atoms with Gasteiger partial charge in [-0.25, -0.2) is 4.99 Å². The van der Waals surface area contributed by atoms with E-state index in [1.54, 1.807) is 0 Å². The summed E-state index contributed by atoms with van der Waals surface area (Å²) in [5.74, 6) is 2.26. The molecule has 0 amide bonds. The second-order valence-electron chi connectivity index (χ2n) is 6.13. The Morgan fingerprint density at radius 3 is 2.60 bits per heavy atom. The number of aromatic nitrogens is 2. The molecule has 0 saturated carbocycles. The zero-order chi connectivity index (χ0) is 14.6. The van der Waals surface area contributed by atoms with Crippen molar-refractivity contribution in [2.75, 3.05) is 19.6 Å². The van der Waals surface area contributed by atoms with Gasteiger partial charge in [-0.05, 0) is 19.8 Å². The Balaban J connectivity index is 2.03. The van der Waals surface area contributed by atoms with Gasteiger partial charge in [-0.3, -0.25) is 0 Å². The van der Waals surface area contributed by atoms with Crippen LogP contribution in [0.15, 0.2) is 9.52 Å². The minimum atomic E-state index is -0.117. The Morgan fingerprint density at radius 1 is 1.35 bits per heavy atom. The predicted molar refractivity (Wildman–Crippen MR) is 78.6 cm³/mol. The Hall–Kier alpha value is -1.59. The van der Waals surface area contributed by atoms with Crippen LogP contribution >= 0.6 is 0 Å². The van der Waals surface area contributed by atoms with Gasteiger partial charge in [-0.1, -0.05) is 25.9 Å². The third-order valence-electron chi connectivity index (χ3n) is 3.22. The minimum Gasteiger partial charge on any atom is -0.357 e. The summed E-state index contributed by atoms with van der Waals surface area (Å²) >= 11 is 0. The van der Waals surface area contributed by atoms with Crippen LogP contribution in [0.4, 0.5) is 0 Å². The summed E-state index contributed by atoms with van der Waals surface area (Å²) < 4.78 is 5.28. The standard InChI is InChI=1S/C14H25N5O/c1-5-15-13(19-8-6-7-9-19)16-10-11-17-12(20-18-11)14(2,3)4/h5-10H2,1-4H3,(H,15,16). The van der Waals surface area contributed by atoms with Crippen LogP contribution in [-0.2, 0) is 12.0 Å². The Bertz CT molecular complexity index is 454. The fraction of sp³-hybridized carbons (Fsp3) is 0.786. The van der Waals surface area contributed by atoms with E-state index < -0.39 is 0 Å². The monoisotopic (exact) mass is 279 g/mol. The summed E-state index contributed by atoms with van der Waals surface area (Å²) in [5.41, 5.74) is -0.117. The highest BCUT2D eigenvalue weighted by atomic mass is 16.5. The van der Waals surface area contributed by atoms with Crippen molar-refractivity contribution >= 4 is 5.96 Å². The molecule has 112 valence electrons. The zero-order valence-corrected chi connectivity index (χ0v) is 12.9. The zero-order valence-electron chi connectivity index (χ0n) is 12.9. The van der Waals surface area contributed by atoms with Gasteiger partial charge in [0.05, 0.1) is 0 Å². The first-order chi connectivity index (χ1) is 9.50. The van der Waals surface area contributed by atoms with Crippen LogP contribution in [0.5, 0.6) is 0 Å². The Labute approximate surface area is 120 Å². The van der Waals surface area contributed by atoms with Crippen LogP contribution in [0, 0.1) is 0 Å². The summed E-state index contributed by atoms with van der Waals surface area (Å²) in [6.07, 6.45) is 2.47. The van der Waals surface area contributed by atoms with Gasteiger partial charge in [0.25, 0.3) is 0 Å². The van der Waals surface area contributed by atoms with E-state index in [-0.39, 0.29) is 5.41 Å². The highest BCUT2D eigenvalue weighted by Gasteiger charge is 2.22. The topological polar surface area (TPSA) is 66.5 Å². The first-order valence-corrected chi connectivity index (χ1v) is 7.37. The molecule has 6 heteroatoms. The lowest BCUT2D eigenvalue weighted by atomic mass is 9.97. The number of guanidine groups is 1. The Kier molecular flexibility index (Phi) is 4.62. The SMILES string of the molecule is CCNC(=NCc1noc(C(C)(C)C)n1)N1CCCC1. The lowest BCUT2D eigenvalue weighted by Crippen LogP contribution is -2.39. The van der Waals surface area contributed by atoms with E-state index in [4.69, 9.17) is 4.52 Å². The first kappa shape index (κ1) is 14.8. The molecular weight excluding hydrogens is 254 g/mol. The molecule has 1 fully saturated rings. The van der Waals surface area contributed by atoms with Gasteiger partial charge < -0.3 is 14.7 Å². The smallest absolute Gasteiger partial charge is 0.232 e. The second kappa shape index (κ2) is 6.24. The lowest BCUT2D eigenvalue weighted by molar-refractivity contribution is 0.318. The molecule has 1 aromatic rings. The second-order valence-corrected chi connectivity index (χ2v) is 6.13. The van der Waals surface area contributed by atoms with Crippen LogP contribution in [0.25, 0.3) is 0 Å². The predicted octanol–water partition coefficient (Wildman–Crippen LogP) is 1.93. The van der Waals surface area contributed by atoms with Gasteiger partial charge >= 0.3 is 0 Å².